The molecular formula is C15H23BrN2. The highest BCUT2D eigenvalue weighted by Crippen LogP contribution is 2.32. The van der Waals surface area contributed by atoms with E-state index in [9.17, 15) is 0 Å². The molecule has 0 bridgehead atoms. The Hall–Kier alpha value is -0.540. The summed E-state index contributed by atoms with van der Waals surface area (Å²) in [6.45, 7) is 5.46. The molecule has 1 aliphatic carbocycles. The third-order valence-corrected chi connectivity index (χ3v) is 4.45. The quantitative estimate of drug-likeness (QED) is 0.860. The minimum Gasteiger partial charge on any atom is -0.371 e. The standard InChI is InChI=1S/C15H23BrN2/c1-3-18(11-12-5-4-6-12)15-8-7-13(10-17-2)9-14(15)16/h7-9,12,17H,3-6,10-11H2,1-2H3. The second-order valence-electron chi connectivity index (χ2n) is 5.15. The lowest BCUT2D eigenvalue weighted by atomic mass is 9.85. The van der Waals surface area contributed by atoms with Gasteiger partial charge in [0, 0.05) is 24.1 Å². The number of hydrogen-bond donors (Lipinski definition) is 1. The van der Waals surface area contributed by atoms with Gasteiger partial charge in [-0.25, -0.2) is 0 Å². The highest BCUT2D eigenvalue weighted by Gasteiger charge is 2.21. The van der Waals surface area contributed by atoms with E-state index < -0.39 is 0 Å². The van der Waals surface area contributed by atoms with Crippen molar-refractivity contribution >= 4 is 21.6 Å². The molecule has 0 heterocycles. The van der Waals surface area contributed by atoms with Crippen LogP contribution in [0, 0.1) is 5.92 Å². The van der Waals surface area contributed by atoms with Gasteiger partial charge >= 0.3 is 0 Å². The smallest absolute Gasteiger partial charge is 0.0510 e. The molecule has 1 N–H and O–H groups in total. The summed E-state index contributed by atoms with van der Waals surface area (Å²) in [6.07, 6.45) is 4.24. The van der Waals surface area contributed by atoms with Gasteiger partial charge in [0.2, 0.25) is 0 Å². The Bertz CT molecular complexity index is 388. The van der Waals surface area contributed by atoms with Gasteiger partial charge in [-0.2, -0.15) is 0 Å². The van der Waals surface area contributed by atoms with Crippen molar-refractivity contribution in [3.8, 4) is 0 Å². The van der Waals surface area contributed by atoms with Crippen LogP contribution in [0.1, 0.15) is 31.7 Å². The molecule has 2 nitrogen and oxygen atoms in total. The molecule has 0 atom stereocenters. The Labute approximate surface area is 119 Å². The lowest BCUT2D eigenvalue weighted by Gasteiger charge is -2.33. The molecule has 1 saturated carbocycles. The summed E-state index contributed by atoms with van der Waals surface area (Å²) in [6, 6.07) is 6.70. The van der Waals surface area contributed by atoms with Crippen LogP contribution >= 0.6 is 15.9 Å². The summed E-state index contributed by atoms with van der Waals surface area (Å²) < 4.78 is 1.22. The van der Waals surface area contributed by atoms with Crippen molar-refractivity contribution in [2.24, 2.45) is 5.92 Å². The van der Waals surface area contributed by atoms with Gasteiger partial charge in [-0.05, 0) is 66.4 Å². The highest BCUT2D eigenvalue weighted by atomic mass is 79.9. The maximum Gasteiger partial charge on any atom is 0.0510 e. The summed E-state index contributed by atoms with van der Waals surface area (Å²) in [7, 11) is 1.98. The molecule has 0 amide bonds. The van der Waals surface area contributed by atoms with Gasteiger partial charge < -0.3 is 10.2 Å². The molecule has 2 rings (SSSR count). The van der Waals surface area contributed by atoms with E-state index in [0.29, 0.717) is 0 Å². The van der Waals surface area contributed by atoms with Gasteiger partial charge in [0.05, 0.1) is 5.69 Å². The van der Waals surface area contributed by atoms with Crippen molar-refractivity contribution in [3.63, 3.8) is 0 Å². The van der Waals surface area contributed by atoms with Gasteiger partial charge in [-0.15, -0.1) is 0 Å². The number of nitrogens with one attached hydrogen (secondary N) is 1. The average molecular weight is 311 g/mol. The van der Waals surface area contributed by atoms with Crippen molar-refractivity contribution in [3.05, 3.63) is 28.2 Å². The molecule has 1 fully saturated rings. The predicted octanol–water partition coefficient (Wildman–Crippen LogP) is 3.79. The summed E-state index contributed by atoms with van der Waals surface area (Å²) in [5.41, 5.74) is 2.66. The number of anilines is 1. The second kappa shape index (κ2) is 6.58. The van der Waals surface area contributed by atoms with Crippen molar-refractivity contribution in [2.45, 2.75) is 32.7 Å². The van der Waals surface area contributed by atoms with Crippen molar-refractivity contribution in [2.75, 3.05) is 25.0 Å². The van der Waals surface area contributed by atoms with Crippen LogP contribution in [0.15, 0.2) is 22.7 Å². The van der Waals surface area contributed by atoms with E-state index in [-0.39, 0.29) is 0 Å². The Kier molecular flexibility index (Phi) is 5.07. The zero-order valence-corrected chi connectivity index (χ0v) is 13.0. The topological polar surface area (TPSA) is 15.3 Å². The van der Waals surface area contributed by atoms with Crippen LogP contribution in [0.25, 0.3) is 0 Å². The lowest BCUT2D eigenvalue weighted by Crippen LogP contribution is -2.32. The summed E-state index contributed by atoms with van der Waals surface area (Å²) in [5, 5.41) is 3.19. The van der Waals surface area contributed by atoms with Crippen LogP contribution < -0.4 is 10.2 Å². The fourth-order valence-electron chi connectivity index (χ4n) is 2.51. The highest BCUT2D eigenvalue weighted by molar-refractivity contribution is 9.10. The maximum atomic E-state index is 3.72. The van der Waals surface area contributed by atoms with Gasteiger partial charge in [0.15, 0.2) is 0 Å². The van der Waals surface area contributed by atoms with E-state index in [1.54, 1.807) is 0 Å². The van der Waals surface area contributed by atoms with Crippen molar-refractivity contribution in [1.82, 2.24) is 5.32 Å². The molecule has 1 aromatic carbocycles. The molecule has 0 spiro atoms. The van der Waals surface area contributed by atoms with Crippen molar-refractivity contribution in [1.29, 1.82) is 0 Å². The monoisotopic (exact) mass is 310 g/mol. The minimum absolute atomic E-state index is 0.911. The van der Waals surface area contributed by atoms with Crippen LogP contribution in [0.4, 0.5) is 5.69 Å². The van der Waals surface area contributed by atoms with Crippen LogP contribution in [-0.2, 0) is 6.54 Å². The zero-order chi connectivity index (χ0) is 13.0. The summed E-state index contributed by atoms with van der Waals surface area (Å²) in [5.74, 6) is 0.911. The third-order valence-electron chi connectivity index (χ3n) is 3.82. The van der Waals surface area contributed by atoms with E-state index in [1.807, 2.05) is 7.05 Å². The molecule has 18 heavy (non-hydrogen) atoms. The normalized spacial score (nSPS) is 15.5. The SMILES string of the molecule is CCN(CC1CCC1)c1ccc(CNC)cc1Br. The molecule has 100 valence electrons. The predicted molar refractivity (Wildman–Crippen MR) is 82.1 cm³/mol. The van der Waals surface area contributed by atoms with E-state index >= 15 is 0 Å². The van der Waals surface area contributed by atoms with Gasteiger partial charge in [-0.1, -0.05) is 12.5 Å². The zero-order valence-electron chi connectivity index (χ0n) is 11.4. The molecule has 0 saturated heterocycles. The molecule has 1 aliphatic rings. The number of benzene rings is 1. The molecule has 0 unspecified atom stereocenters. The van der Waals surface area contributed by atoms with Crippen LogP contribution in [0.2, 0.25) is 0 Å². The first kappa shape index (κ1) is 13.9. The number of hydrogen-bond acceptors (Lipinski definition) is 2. The summed E-state index contributed by atoms with van der Waals surface area (Å²) >= 11 is 3.72. The van der Waals surface area contributed by atoms with E-state index in [1.165, 1.54) is 41.5 Å². The molecule has 0 radical (unpaired) electrons. The average Bonchev–Trinajstić information content (AvgIpc) is 2.30. The van der Waals surface area contributed by atoms with E-state index in [2.05, 4.69) is 51.3 Å². The summed E-state index contributed by atoms with van der Waals surface area (Å²) in [4.78, 5) is 2.50. The molecular weight excluding hydrogens is 288 g/mol. The lowest BCUT2D eigenvalue weighted by molar-refractivity contribution is 0.318. The van der Waals surface area contributed by atoms with Gasteiger partial charge in [0.1, 0.15) is 0 Å². The minimum atomic E-state index is 0.911. The maximum absolute atomic E-state index is 3.72. The van der Waals surface area contributed by atoms with Gasteiger partial charge in [0.25, 0.3) is 0 Å². The Morgan fingerprint density at radius 3 is 2.67 bits per heavy atom. The fraction of sp³-hybridized carbons (Fsp3) is 0.600. The Morgan fingerprint density at radius 1 is 1.39 bits per heavy atom. The molecule has 0 aromatic heterocycles. The number of halogens is 1. The molecule has 3 heteroatoms. The first-order valence-corrected chi connectivity index (χ1v) is 7.72. The fourth-order valence-corrected chi connectivity index (χ4v) is 3.18. The Morgan fingerprint density at radius 2 is 2.17 bits per heavy atom. The largest absolute Gasteiger partial charge is 0.371 e. The molecule has 1 aromatic rings. The van der Waals surface area contributed by atoms with Crippen LogP contribution in [-0.4, -0.2) is 20.1 Å². The number of rotatable bonds is 6. The second-order valence-corrected chi connectivity index (χ2v) is 6.01. The van der Waals surface area contributed by atoms with Crippen LogP contribution in [0.5, 0.6) is 0 Å². The van der Waals surface area contributed by atoms with Crippen molar-refractivity contribution < 1.29 is 0 Å². The number of nitrogens with zero attached hydrogens (tertiary/aromatic N) is 1. The van der Waals surface area contributed by atoms with E-state index in [4.69, 9.17) is 0 Å². The van der Waals surface area contributed by atoms with Crippen LogP contribution in [0.3, 0.4) is 0 Å². The first-order valence-electron chi connectivity index (χ1n) is 6.92. The third kappa shape index (κ3) is 3.27. The molecule has 0 aliphatic heterocycles. The van der Waals surface area contributed by atoms with Gasteiger partial charge in [-0.3, -0.25) is 0 Å². The van der Waals surface area contributed by atoms with E-state index in [0.717, 1.165) is 19.0 Å². The first-order chi connectivity index (χ1) is 8.74. The Balaban J connectivity index is 2.09.